The first kappa shape index (κ1) is 22.2. The number of carbonyl (C=O) groups is 2. The monoisotopic (exact) mass is 448 g/mol. The lowest BCUT2D eigenvalue weighted by molar-refractivity contribution is 0.230. The van der Waals surface area contributed by atoms with Crippen LogP contribution in [-0.4, -0.2) is 25.2 Å². The molecule has 160 valence electrons. The number of anilines is 2. The minimum atomic E-state index is -0.238. The fourth-order valence-corrected chi connectivity index (χ4v) is 4.11. The van der Waals surface area contributed by atoms with Crippen LogP contribution in [0.1, 0.15) is 25.7 Å². The van der Waals surface area contributed by atoms with E-state index in [9.17, 15) is 9.59 Å². The normalized spacial score (nSPS) is 18.3. The molecule has 3 rings (SSSR count). The van der Waals surface area contributed by atoms with Gasteiger partial charge in [-0.1, -0.05) is 41.8 Å². The molecule has 0 heterocycles. The van der Waals surface area contributed by atoms with Crippen molar-refractivity contribution in [3.63, 3.8) is 0 Å². The van der Waals surface area contributed by atoms with Crippen LogP contribution >= 0.6 is 23.2 Å². The zero-order valence-corrected chi connectivity index (χ0v) is 18.1. The van der Waals surface area contributed by atoms with Crippen LogP contribution in [0, 0.1) is 11.8 Å². The third kappa shape index (κ3) is 7.43. The van der Waals surface area contributed by atoms with Crippen LogP contribution in [0.15, 0.2) is 48.5 Å². The van der Waals surface area contributed by atoms with E-state index < -0.39 is 0 Å². The molecule has 1 aliphatic rings. The maximum absolute atomic E-state index is 12.1. The summed E-state index contributed by atoms with van der Waals surface area (Å²) < 4.78 is 0. The molecule has 2 aromatic carbocycles. The van der Waals surface area contributed by atoms with E-state index in [1.165, 1.54) is 0 Å². The number of hydrogen-bond donors (Lipinski definition) is 4. The van der Waals surface area contributed by atoms with Gasteiger partial charge in [0.05, 0.1) is 0 Å². The molecule has 0 aliphatic heterocycles. The fraction of sp³-hybridized carbons (Fsp3) is 0.364. The highest BCUT2D eigenvalue weighted by molar-refractivity contribution is 6.31. The Balaban J connectivity index is 1.37. The molecule has 1 aliphatic carbocycles. The summed E-state index contributed by atoms with van der Waals surface area (Å²) in [5, 5.41) is 12.6. The van der Waals surface area contributed by atoms with E-state index in [1.54, 1.807) is 48.5 Å². The Morgan fingerprint density at radius 3 is 1.70 bits per heavy atom. The summed E-state index contributed by atoms with van der Waals surface area (Å²) in [6.45, 7) is 1.22. The first-order valence-electron chi connectivity index (χ1n) is 10.1. The molecule has 2 atom stereocenters. The van der Waals surface area contributed by atoms with Crippen molar-refractivity contribution < 1.29 is 9.59 Å². The predicted octanol–water partition coefficient (Wildman–Crippen LogP) is 5.74. The van der Waals surface area contributed by atoms with Crippen molar-refractivity contribution in [3.8, 4) is 0 Å². The van der Waals surface area contributed by atoms with Crippen LogP contribution in [0.25, 0.3) is 0 Å². The van der Waals surface area contributed by atoms with Gasteiger partial charge < -0.3 is 21.3 Å². The zero-order chi connectivity index (χ0) is 21.3. The Bertz CT molecular complexity index is 808. The van der Waals surface area contributed by atoms with E-state index >= 15 is 0 Å². The van der Waals surface area contributed by atoms with Gasteiger partial charge in [-0.2, -0.15) is 0 Å². The second-order valence-electron chi connectivity index (χ2n) is 7.59. The molecule has 6 nitrogen and oxygen atoms in total. The Labute approximate surface area is 186 Å². The molecular formula is C22H26Cl2N4O2. The first-order chi connectivity index (χ1) is 14.5. The maximum Gasteiger partial charge on any atom is 0.319 e. The Morgan fingerprint density at radius 2 is 1.27 bits per heavy atom. The molecular weight excluding hydrogens is 423 g/mol. The smallest absolute Gasteiger partial charge is 0.319 e. The summed E-state index contributed by atoms with van der Waals surface area (Å²) in [5.74, 6) is 0.790. The minimum Gasteiger partial charge on any atom is -0.338 e. The Morgan fingerprint density at radius 1 is 0.800 bits per heavy atom. The highest BCUT2D eigenvalue weighted by Gasteiger charge is 2.23. The fourth-order valence-electron chi connectivity index (χ4n) is 3.73. The molecule has 1 saturated carbocycles. The van der Waals surface area contributed by atoms with Gasteiger partial charge in [0, 0.05) is 34.5 Å². The van der Waals surface area contributed by atoms with Crippen LogP contribution in [0.4, 0.5) is 21.0 Å². The lowest BCUT2D eigenvalue weighted by Crippen LogP contribution is -2.38. The number of hydrogen-bond acceptors (Lipinski definition) is 2. The minimum absolute atomic E-state index is 0.238. The van der Waals surface area contributed by atoms with Gasteiger partial charge in [-0.05, 0) is 67.5 Å². The number of urea groups is 2. The van der Waals surface area contributed by atoms with Crippen LogP contribution in [-0.2, 0) is 0 Å². The second kappa shape index (κ2) is 11.1. The largest absolute Gasteiger partial charge is 0.338 e. The lowest BCUT2D eigenvalue weighted by Gasteiger charge is -2.29. The van der Waals surface area contributed by atoms with Crippen molar-refractivity contribution in [1.29, 1.82) is 0 Å². The average molecular weight is 449 g/mol. The highest BCUT2D eigenvalue weighted by Crippen LogP contribution is 2.28. The zero-order valence-electron chi connectivity index (χ0n) is 16.6. The molecule has 4 amide bonds. The van der Waals surface area contributed by atoms with Gasteiger partial charge in [-0.15, -0.1) is 0 Å². The summed E-state index contributed by atoms with van der Waals surface area (Å²) in [4.78, 5) is 24.2. The summed E-state index contributed by atoms with van der Waals surface area (Å²) in [6, 6.07) is 13.6. The van der Waals surface area contributed by atoms with Crippen LogP contribution in [0.3, 0.4) is 0 Å². The molecule has 2 aromatic rings. The summed E-state index contributed by atoms with van der Waals surface area (Å²) in [7, 11) is 0. The molecule has 4 N–H and O–H groups in total. The summed E-state index contributed by atoms with van der Waals surface area (Å²) >= 11 is 11.9. The van der Waals surface area contributed by atoms with Crippen molar-refractivity contribution in [3.05, 3.63) is 58.6 Å². The van der Waals surface area contributed by atoms with E-state index in [1.807, 2.05) is 0 Å². The van der Waals surface area contributed by atoms with Crippen LogP contribution in [0.2, 0.25) is 10.0 Å². The molecule has 30 heavy (non-hydrogen) atoms. The van der Waals surface area contributed by atoms with E-state index in [0.29, 0.717) is 46.3 Å². The van der Waals surface area contributed by atoms with Crippen molar-refractivity contribution in [1.82, 2.24) is 10.6 Å². The Hall–Kier alpha value is -2.44. The molecule has 0 radical (unpaired) electrons. The van der Waals surface area contributed by atoms with Gasteiger partial charge in [-0.25, -0.2) is 9.59 Å². The van der Waals surface area contributed by atoms with Crippen molar-refractivity contribution in [2.45, 2.75) is 25.7 Å². The standard InChI is InChI=1S/C22H26Cl2N4O2/c23-17-6-2-8-19(11-17)27-21(29)25-13-15-4-1-5-16(10-15)14-26-22(30)28-20-9-3-7-18(24)12-20/h2-3,6-9,11-12,15-16H,1,4-5,10,13-14H2,(H2,25,27,29)(H2,26,28,30)/t15-,16+. The number of nitrogens with one attached hydrogen (secondary N) is 4. The molecule has 0 aromatic heterocycles. The molecule has 1 fully saturated rings. The van der Waals surface area contributed by atoms with Gasteiger partial charge in [-0.3, -0.25) is 0 Å². The van der Waals surface area contributed by atoms with Gasteiger partial charge >= 0.3 is 12.1 Å². The quantitative estimate of drug-likeness (QED) is 0.453. The number of rotatable bonds is 6. The maximum atomic E-state index is 12.1. The van der Waals surface area contributed by atoms with Crippen molar-refractivity contribution in [2.75, 3.05) is 23.7 Å². The third-order valence-electron chi connectivity index (χ3n) is 5.16. The third-order valence-corrected chi connectivity index (χ3v) is 5.63. The van der Waals surface area contributed by atoms with Gasteiger partial charge in [0.1, 0.15) is 0 Å². The molecule has 0 saturated heterocycles. The molecule has 0 spiro atoms. The average Bonchev–Trinajstić information content (AvgIpc) is 2.71. The lowest BCUT2D eigenvalue weighted by atomic mass is 9.81. The van der Waals surface area contributed by atoms with E-state index in [0.717, 1.165) is 25.7 Å². The van der Waals surface area contributed by atoms with E-state index in [2.05, 4.69) is 21.3 Å². The highest BCUT2D eigenvalue weighted by atomic mass is 35.5. The summed E-state index contributed by atoms with van der Waals surface area (Å²) in [6.07, 6.45) is 4.20. The molecule has 0 unspecified atom stereocenters. The number of benzene rings is 2. The summed E-state index contributed by atoms with van der Waals surface area (Å²) in [5.41, 5.74) is 1.33. The molecule has 0 bridgehead atoms. The van der Waals surface area contributed by atoms with E-state index in [-0.39, 0.29) is 12.1 Å². The van der Waals surface area contributed by atoms with Gasteiger partial charge in [0.25, 0.3) is 0 Å². The molecule has 8 heteroatoms. The predicted molar refractivity (Wildman–Crippen MR) is 122 cm³/mol. The van der Waals surface area contributed by atoms with Crippen molar-refractivity contribution >= 4 is 46.6 Å². The van der Waals surface area contributed by atoms with Gasteiger partial charge in [0.2, 0.25) is 0 Å². The number of amides is 4. The number of carbonyl (C=O) groups excluding carboxylic acids is 2. The SMILES string of the molecule is O=C(NC[C@H]1CCC[C@@H](CNC(=O)Nc2cccc(Cl)c2)C1)Nc1cccc(Cl)c1. The van der Waals surface area contributed by atoms with Crippen LogP contribution < -0.4 is 21.3 Å². The Kier molecular flexibility index (Phi) is 8.22. The first-order valence-corrected chi connectivity index (χ1v) is 10.8. The van der Waals surface area contributed by atoms with Crippen molar-refractivity contribution in [2.24, 2.45) is 11.8 Å². The van der Waals surface area contributed by atoms with E-state index in [4.69, 9.17) is 23.2 Å². The van der Waals surface area contributed by atoms with Gasteiger partial charge in [0.15, 0.2) is 0 Å². The topological polar surface area (TPSA) is 82.3 Å². The van der Waals surface area contributed by atoms with Crippen LogP contribution in [0.5, 0.6) is 0 Å². The second-order valence-corrected chi connectivity index (χ2v) is 8.46. The number of halogens is 2.